The minimum absolute atomic E-state index is 0.267. The third-order valence-corrected chi connectivity index (χ3v) is 10.00. The van der Waals surface area contributed by atoms with Crippen molar-refractivity contribution < 1.29 is 0 Å². The Morgan fingerprint density at radius 2 is 1.03 bits per heavy atom. The minimum atomic E-state index is 0.267. The average molecular weight is 791 g/mol. The van der Waals surface area contributed by atoms with E-state index in [4.69, 9.17) is 0 Å². The van der Waals surface area contributed by atoms with Crippen LogP contribution in [0, 0.1) is 12.3 Å². The molecule has 0 saturated heterocycles. The Bertz CT molecular complexity index is 2150. The standard InChI is InChI=1S/C44H50.C12H10.C2H6.C2H4/c1-8-35-16-18-37(19-17-35)15-12-34(4)30-38-21-25-41(26-22-38)40(9-2)31-43(29-20-36-13-10-33(3)11-14-36)42-27-23-39(24-28-42)32-44(5,6)7;1-3-7-11(8-4-1)12-9-5-2-6-10-12;2*1-2/h9-11,13-14,16-29,31H,4,8,12,15,30,32H2,1-3,5-7H3;1-10H;1-2H3;1-2H2/b29-20+,40-9+,43-31+;;;. The van der Waals surface area contributed by atoms with Gasteiger partial charge in [0, 0.05) is 0 Å². The number of allylic oxidation sites excluding steroid dienone is 6. The third kappa shape index (κ3) is 17.1. The van der Waals surface area contributed by atoms with Crippen molar-refractivity contribution in [3.05, 3.63) is 246 Å². The zero-order valence-corrected chi connectivity index (χ0v) is 38.0. The van der Waals surface area contributed by atoms with E-state index in [0.29, 0.717) is 0 Å². The van der Waals surface area contributed by atoms with Crippen molar-refractivity contribution in [3.8, 4) is 11.1 Å². The molecule has 0 amide bonds. The largest absolute Gasteiger partial charge is 0.106 e. The van der Waals surface area contributed by atoms with Crippen molar-refractivity contribution in [2.24, 2.45) is 5.41 Å². The van der Waals surface area contributed by atoms with E-state index in [0.717, 1.165) is 32.1 Å². The molecule has 0 atom stereocenters. The highest BCUT2D eigenvalue weighted by molar-refractivity contribution is 5.89. The molecule has 0 bridgehead atoms. The lowest BCUT2D eigenvalue weighted by Crippen LogP contribution is -2.08. The van der Waals surface area contributed by atoms with Crippen molar-refractivity contribution in [3.63, 3.8) is 0 Å². The van der Waals surface area contributed by atoms with Crippen LogP contribution >= 0.6 is 0 Å². The van der Waals surface area contributed by atoms with Gasteiger partial charge in [-0.2, -0.15) is 0 Å². The van der Waals surface area contributed by atoms with E-state index in [9.17, 15) is 0 Å². The fourth-order valence-electron chi connectivity index (χ4n) is 6.74. The maximum absolute atomic E-state index is 4.39. The summed E-state index contributed by atoms with van der Waals surface area (Å²) >= 11 is 0. The van der Waals surface area contributed by atoms with E-state index in [1.807, 2.05) is 26.0 Å². The minimum Gasteiger partial charge on any atom is -0.106 e. The van der Waals surface area contributed by atoms with Gasteiger partial charge in [0.1, 0.15) is 0 Å². The monoisotopic (exact) mass is 791 g/mol. The van der Waals surface area contributed by atoms with Gasteiger partial charge >= 0.3 is 0 Å². The van der Waals surface area contributed by atoms with E-state index in [2.05, 4.69) is 231 Å². The van der Waals surface area contributed by atoms with E-state index < -0.39 is 0 Å². The summed E-state index contributed by atoms with van der Waals surface area (Å²) in [5.74, 6) is 0. The lowest BCUT2D eigenvalue weighted by molar-refractivity contribution is 0.411. The first-order valence-electron chi connectivity index (χ1n) is 21.7. The second kappa shape index (κ2) is 26.2. The van der Waals surface area contributed by atoms with Gasteiger partial charge in [-0.05, 0) is 119 Å². The van der Waals surface area contributed by atoms with Gasteiger partial charge in [0.25, 0.3) is 0 Å². The van der Waals surface area contributed by atoms with Gasteiger partial charge in [0.2, 0.25) is 0 Å². The molecular formula is C60H70. The fourth-order valence-corrected chi connectivity index (χ4v) is 6.74. The topological polar surface area (TPSA) is 0 Å². The molecule has 0 saturated carbocycles. The van der Waals surface area contributed by atoms with Crippen LogP contribution in [0.1, 0.15) is 99.4 Å². The third-order valence-electron chi connectivity index (χ3n) is 10.00. The Balaban J connectivity index is 0.000000503. The molecule has 60 heavy (non-hydrogen) atoms. The number of hydrogen-bond acceptors (Lipinski definition) is 0. The van der Waals surface area contributed by atoms with Gasteiger partial charge in [0.05, 0.1) is 0 Å². The zero-order valence-electron chi connectivity index (χ0n) is 38.0. The molecule has 0 N–H and O–H groups in total. The highest BCUT2D eigenvalue weighted by Crippen LogP contribution is 2.28. The van der Waals surface area contributed by atoms with Gasteiger partial charge in [-0.15, -0.1) is 13.2 Å². The van der Waals surface area contributed by atoms with Crippen LogP contribution in [-0.2, 0) is 25.7 Å². The predicted molar refractivity (Wildman–Crippen MR) is 269 cm³/mol. The molecule has 310 valence electrons. The Labute approximate surface area is 365 Å². The summed E-state index contributed by atoms with van der Waals surface area (Å²) in [7, 11) is 0. The zero-order chi connectivity index (χ0) is 43.8. The van der Waals surface area contributed by atoms with Crippen LogP contribution < -0.4 is 0 Å². The van der Waals surface area contributed by atoms with Crippen LogP contribution in [0.3, 0.4) is 0 Å². The van der Waals surface area contributed by atoms with Crippen molar-refractivity contribution in [2.75, 3.05) is 0 Å². The van der Waals surface area contributed by atoms with E-state index in [1.165, 1.54) is 72.4 Å². The molecule has 6 aromatic rings. The first-order valence-corrected chi connectivity index (χ1v) is 21.7. The first kappa shape index (κ1) is 48.4. The second-order valence-electron chi connectivity index (χ2n) is 16.0. The molecule has 0 radical (unpaired) electrons. The molecule has 0 aliphatic heterocycles. The van der Waals surface area contributed by atoms with Crippen LogP contribution in [0.5, 0.6) is 0 Å². The maximum Gasteiger partial charge on any atom is -0.00697 e. The number of rotatable bonds is 13. The van der Waals surface area contributed by atoms with Crippen LogP contribution in [0.15, 0.2) is 201 Å². The highest BCUT2D eigenvalue weighted by atomic mass is 14.2. The van der Waals surface area contributed by atoms with Crippen molar-refractivity contribution >= 4 is 17.2 Å². The summed E-state index contributed by atoms with van der Waals surface area (Å²) in [6.07, 6.45) is 14.1. The molecule has 0 spiro atoms. The Kier molecular flexibility index (Phi) is 21.1. The Hall–Kier alpha value is -5.98. The smallest absolute Gasteiger partial charge is 0.00697 e. The van der Waals surface area contributed by atoms with Crippen LogP contribution in [0.2, 0.25) is 0 Å². The van der Waals surface area contributed by atoms with Crippen LogP contribution in [0.4, 0.5) is 0 Å². The number of aryl methyl sites for hydroxylation is 3. The molecule has 6 aromatic carbocycles. The van der Waals surface area contributed by atoms with Crippen molar-refractivity contribution in [1.82, 2.24) is 0 Å². The van der Waals surface area contributed by atoms with Gasteiger partial charge in [0.15, 0.2) is 0 Å². The van der Waals surface area contributed by atoms with E-state index in [1.54, 1.807) is 0 Å². The number of hydrogen-bond donors (Lipinski definition) is 0. The van der Waals surface area contributed by atoms with E-state index in [-0.39, 0.29) is 5.41 Å². The fraction of sp³-hybridized carbons (Fsp3) is 0.233. The summed E-state index contributed by atoms with van der Waals surface area (Å²) in [6, 6.07) is 56.6. The average Bonchev–Trinajstić information content (AvgIpc) is 3.29. The second-order valence-corrected chi connectivity index (χ2v) is 16.0. The molecule has 0 nitrogen and oxygen atoms in total. The predicted octanol–water partition coefficient (Wildman–Crippen LogP) is 17.3. The van der Waals surface area contributed by atoms with E-state index >= 15 is 0 Å². The van der Waals surface area contributed by atoms with Crippen molar-refractivity contribution in [1.29, 1.82) is 0 Å². The Morgan fingerprint density at radius 3 is 1.52 bits per heavy atom. The Morgan fingerprint density at radius 1 is 0.567 bits per heavy atom. The first-order chi connectivity index (χ1) is 29.1. The lowest BCUT2D eigenvalue weighted by Gasteiger charge is -2.18. The molecule has 0 heteroatoms. The van der Waals surface area contributed by atoms with Crippen molar-refractivity contribution in [2.45, 2.75) is 87.5 Å². The summed E-state index contributed by atoms with van der Waals surface area (Å²) in [4.78, 5) is 0. The quantitative estimate of drug-likeness (QED) is 0.0807. The normalized spacial score (nSPS) is 11.3. The molecule has 0 aliphatic rings. The van der Waals surface area contributed by atoms with Gasteiger partial charge in [-0.25, -0.2) is 0 Å². The summed E-state index contributed by atoms with van der Waals surface area (Å²) < 4.78 is 0. The van der Waals surface area contributed by atoms with Gasteiger partial charge in [-0.1, -0.05) is 235 Å². The number of benzene rings is 6. The van der Waals surface area contributed by atoms with Crippen LogP contribution in [-0.4, -0.2) is 0 Å². The van der Waals surface area contributed by atoms with Gasteiger partial charge in [-0.3, -0.25) is 0 Å². The summed E-state index contributed by atoms with van der Waals surface area (Å²) in [6.45, 7) is 27.7. The summed E-state index contributed by atoms with van der Waals surface area (Å²) in [5, 5.41) is 0. The molecule has 0 fully saturated rings. The molecule has 6 rings (SSSR count). The molecule has 0 aliphatic carbocycles. The lowest BCUT2D eigenvalue weighted by atomic mass is 9.87. The molecule has 0 heterocycles. The molecule has 0 aromatic heterocycles. The molecular weight excluding hydrogens is 721 g/mol. The van der Waals surface area contributed by atoms with Gasteiger partial charge < -0.3 is 0 Å². The SMILES string of the molecule is C=C.C=C(CCc1ccc(CC)cc1)Cc1ccc(C(=C/C)/C=C(\C=C\c2ccc(C)cc2)c2ccc(CC(C)(C)C)cc2)cc1.CC.c1ccc(-c2ccccc2)cc1. The van der Waals surface area contributed by atoms with Crippen LogP contribution in [0.25, 0.3) is 28.3 Å². The maximum atomic E-state index is 4.39. The molecule has 0 unspecified atom stereocenters. The summed E-state index contributed by atoms with van der Waals surface area (Å²) in [5.41, 5.74) is 16.9. The highest BCUT2D eigenvalue weighted by Gasteiger charge is 2.12.